The average Bonchev–Trinajstić information content (AvgIpc) is 3.08. The van der Waals surface area contributed by atoms with Crippen molar-refractivity contribution < 1.29 is 4.79 Å². The van der Waals surface area contributed by atoms with Crippen LogP contribution in [0.2, 0.25) is 5.02 Å². The molecule has 3 nitrogen and oxygen atoms in total. The van der Waals surface area contributed by atoms with Gasteiger partial charge in [-0.2, -0.15) is 0 Å². The summed E-state index contributed by atoms with van der Waals surface area (Å²) < 4.78 is 0. The summed E-state index contributed by atoms with van der Waals surface area (Å²) in [5.74, 6) is -0.0117. The quantitative estimate of drug-likeness (QED) is 0.496. The van der Waals surface area contributed by atoms with Crippen molar-refractivity contribution in [1.29, 1.82) is 0 Å². The van der Waals surface area contributed by atoms with Gasteiger partial charge in [-0.25, -0.2) is 0 Å². The molecule has 0 radical (unpaired) electrons. The van der Waals surface area contributed by atoms with Crippen LogP contribution < -0.4 is 5.32 Å². The molecule has 136 valence electrons. The van der Waals surface area contributed by atoms with E-state index in [9.17, 15) is 4.79 Å². The van der Waals surface area contributed by atoms with E-state index < -0.39 is 0 Å². The van der Waals surface area contributed by atoms with E-state index in [1.165, 1.54) is 0 Å². The monoisotopic (exact) mass is 368 g/mol. The predicted molar refractivity (Wildman–Crippen MR) is 109 cm³/mol. The van der Waals surface area contributed by atoms with Gasteiger partial charge < -0.3 is 10.3 Å². The van der Waals surface area contributed by atoms with Gasteiger partial charge in [0.15, 0.2) is 0 Å². The number of carbonyl (C=O) groups is 1. The van der Waals surface area contributed by atoms with Gasteiger partial charge in [0.25, 0.3) is 0 Å². The topological polar surface area (TPSA) is 44.9 Å². The van der Waals surface area contributed by atoms with Crippen molar-refractivity contribution in [3.63, 3.8) is 0 Å². The van der Waals surface area contributed by atoms with Crippen LogP contribution in [0.5, 0.6) is 0 Å². The lowest BCUT2D eigenvalue weighted by Gasteiger charge is -2.18. The first-order valence-electron chi connectivity index (χ1n) is 9.27. The van der Waals surface area contributed by atoms with E-state index in [0.717, 1.165) is 47.8 Å². The normalized spacial score (nSPS) is 12.2. The third kappa shape index (κ3) is 4.28. The summed E-state index contributed by atoms with van der Waals surface area (Å²) >= 11 is 6.47. The number of H-pyrrole nitrogens is 1. The number of para-hydroxylation sites is 1. The second-order valence-corrected chi connectivity index (χ2v) is 7.03. The molecule has 1 aromatic heterocycles. The summed E-state index contributed by atoms with van der Waals surface area (Å²) in [6, 6.07) is 16.0. The molecule has 0 saturated carbocycles. The maximum absolute atomic E-state index is 12.6. The summed E-state index contributed by atoms with van der Waals surface area (Å²) in [6.07, 6.45) is 5.69. The van der Waals surface area contributed by atoms with E-state index >= 15 is 0 Å². The molecule has 2 aromatic carbocycles. The third-order valence-electron chi connectivity index (χ3n) is 4.77. The number of aromatic amines is 1. The summed E-state index contributed by atoms with van der Waals surface area (Å²) in [7, 11) is 0. The Bertz CT molecular complexity index is 871. The zero-order valence-electron chi connectivity index (χ0n) is 15.1. The lowest BCUT2D eigenvalue weighted by Crippen LogP contribution is -2.26. The van der Waals surface area contributed by atoms with Crippen LogP contribution in [0.3, 0.4) is 0 Å². The highest BCUT2D eigenvalue weighted by atomic mass is 35.5. The van der Waals surface area contributed by atoms with Crippen LogP contribution in [0.4, 0.5) is 0 Å². The first-order chi connectivity index (χ1) is 12.7. The smallest absolute Gasteiger partial charge is 0.220 e. The minimum absolute atomic E-state index is 0.0660. The minimum atomic E-state index is -0.0778. The molecule has 3 aromatic rings. The molecule has 0 fully saturated rings. The van der Waals surface area contributed by atoms with Crippen LogP contribution in [0.1, 0.15) is 49.7 Å². The SMILES string of the molecule is CCCCCNC(=O)CC(c1ccccc1Cl)c1c[nH]c2ccccc12. The van der Waals surface area contributed by atoms with Gasteiger partial charge in [0.05, 0.1) is 0 Å². The summed E-state index contributed by atoms with van der Waals surface area (Å²) in [4.78, 5) is 15.9. The standard InChI is InChI=1S/C22H25ClN2O/c1-2-3-8-13-24-22(26)14-18(16-9-4-6-11-20(16)23)19-15-25-21-12-7-5-10-17(19)21/h4-7,9-12,15,18,25H,2-3,8,13-14H2,1H3,(H,24,26). The van der Waals surface area contributed by atoms with Crippen LogP contribution in [0.15, 0.2) is 54.7 Å². The van der Waals surface area contributed by atoms with Crippen molar-refractivity contribution in [3.05, 3.63) is 70.9 Å². The van der Waals surface area contributed by atoms with Crippen LogP contribution in [-0.4, -0.2) is 17.4 Å². The predicted octanol–water partition coefficient (Wildman–Crippen LogP) is 5.65. The largest absolute Gasteiger partial charge is 0.361 e. The van der Waals surface area contributed by atoms with Crippen LogP contribution in [0, 0.1) is 0 Å². The van der Waals surface area contributed by atoms with Crippen LogP contribution in [0.25, 0.3) is 10.9 Å². The number of nitrogens with one attached hydrogen (secondary N) is 2. The zero-order valence-corrected chi connectivity index (χ0v) is 15.9. The Labute approximate surface area is 159 Å². The fraction of sp³-hybridized carbons (Fsp3) is 0.318. The van der Waals surface area contributed by atoms with Gasteiger partial charge in [-0.15, -0.1) is 0 Å². The maximum Gasteiger partial charge on any atom is 0.220 e. The molecule has 0 aliphatic heterocycles. The number of amides is 1. The van der Waals surface area contributed by atoms with Gasteiger partial charge in [-0.05, 0) is 29.7 Å². The molecule has 1 heterocycles. The van der Waals surface area contributed by atoms with E-state index in [2.05, 4.69) is 23.3 Å². The fourth-order valence-electron chi connectivity index (χ4n) is 3.39. The van der Waals surface area contributed by atoms with Gasteiger partial charge >= 0.3 is 0 Å². The molecule has 0 bridgehead atoms. The van der Waals surface area contributed by atoms with Crippen molar-refractivity contribution in [2.75, 3.05) is 6.54 Å². The Morgan fingerprint density at radius 3 is 2.65 bits per heavy atom. The molecule has 0 saturated heterocycles. The molecule has 0 aliphatic rings. The maximum atomic E-state index is 12.6. The number of hydrogen-bond donors (Lipinski definition) is 2. The molecule has 1 amide bonds. The van der Waals surface area contributed by atoms with Crippen molar-refractivity contribution in [3.8, 4) is 0 Å². The van der Waals surface area contributed by atoms with Crippen molar-refractivity contribution >= 4 is 28.4 Å². The molecule has 4 heteroatoms. The van der Waals surface area contributed by atoms with Crippen LogP contribution >= 0.6 is 11.6 Å². The van der Waals surface area contributed by atoms with Gasteiger partial charge in [0.1, 0.15) is 0 Å². The molecule has 2 N–H and O–H groups in total. The van der Waals surface area contributed by atoms with E-state index in [4.69, 9.17) is 11.6 Å². The molecule has 1 atom stereocenters. The first-order valence-corrected chi connectivity index (χ1v) is 9.65. The highest BCUT2D eigenvalue weighted by Gasteiger charge is 2.23. The molecule has 0 spiro atoms. The summed E-state index contributed by atoms with van der Waals surface area (Å²) in [6.45, 7) is 2.89. The molecular weight excluding hydrogens is 344 g/mol. The highest BCUT2D eigenvalue weighted by Crippen LogP contribution is 2.36. The van der Waals surface area contributed by atoms with E-state index in [1.807, 2.05) is 48.7 Å². The number of aromatic nitrogens is 1. The van der Waals surface area contributed by atoms with E-state index in [-0.39, 0.29) is 11.8 Å². The number of fused-ring (bicyclic) bond motifs is 1. The molecular formula is C22H25ClN2O. The van der Waals surface area contributed by atoms with E-state index in [1.54, 1.807) is 0 Å². The highest BCUT2D eigenvalue weighted by molar-refractivity contribution is 6.31. The van der Waals surface area contributed by atoms with Gasteiger partial charge in [-0.1, -0.05) is 67.8 Å². The third-order valence-corrected chi connectivity index (χ3v) is 5.11. The number of benzene rings is 2. The first kappa shape index (κ1) is 18.5. The Morgan fingerprint density at radius 1 is 1.08 bits per heavy atom. The molecule has 26 heavy (non-hydrogen) atoms. The molecule has 3 rings (SSSR count). The van der Waals surface area contributed by atoms with Crippen molar-refractivity contribution in [2.45, 2.75) is 38.5 Å². The summed E-state index contributed by atoms with van der Waals surface area (Å²) in [5, 5.41) is 4.89. The second-order valence-electron chi connectivity index (χ2n) is 6.62. The lowest BCUT2D eigenvalue weighted by molar-refractivity contribution is -0.121. The Hall–Kier alpha value is -2.26. The average molecular weight is 369 g/mol. The number of carbonyl (C=O) groups excluding carboxylic acids is 1. The van der Waals surface area contributed by atoms with Crippen molar-refractivity contribution in [2.24, 2.45) is 0 Å². The van der Waals surface area contributed by atoms with E-state index in [0.29, 0.717) is 11.4 Å². The number of hydrogen-bond acceptors (Lipinski definition) is 1. The molecule has 1 unspecified atom stereocenters. The zero-order chi connectivity index (χ0) is 18.4. The van der Waals surface area contributed by atoms with Gasteiger partial charge in [0, 0.05) is 41.0 Å². The fourth-order valence-corrected chi connectivity index (χ4v) is 3.66. The lowest BCUT2D eigenvalue weighted by atomic mass is 9.88. The van der Waals surface area contributed by atoms with Gasteiger partial charge in [0.2, 0.25) is 5.91 Å². The number of rotatable bonds is 8. The number of halogens is 1. The minimum Gasteiger partial charge on any atom is -0.361 e. The Balaban J connectivity index is 1.88. The second kappa shape index (κ2) is 8.91. The van der Waals surface area contributed by atoms with Crippen LogP contribution in [-0.2, 0) is 4.79 Å². The Morgan fingerprint density at radius 2 is 1.85 bits per heavy atom. The Kier molecular flexibility index (Phi) is 6.35. The number of unbranched alkanes of at least 4 members (excludes halogenated alkanes) is 2. The van der Waals surface area contributed by atoms with Crippen molar-refractivity contribution in [1.82, 2.24) is 10.3 Å². The molecule has 0 aliphatic carbocycles. The van der Waals surface area contributed by atoms with Gasteiger partial charge in [-0.3, -0.25) is 4.79 Å². The summed E-state index contributed by atoms with van der Waals surface area (Å²) in [5.41, 5.74) is 3.17.